The van der Waals surface area contributed by atoms with E-state index in [1.807, 2.05) is 0 Å². The highest BCUT2D eigenvalue weighted by molar-refractivity contribution is 6.35. The summed E-state index contributed by atoms with van der Waals surface area (Å²) in [5.41, 5.74) is -0.0748. The second kappa shape index (κ2) is 5.91. The molecule has 1 aromatic rings. The second-order valence-corrected chi connectivity index (χ2v) is 5.64. The number of carboxylic acids is 1. The third kappa shape index (κ3) is 3.65. The average molecular weight is 331 g/mol. The fourth-order valence-electron chi connectivity index (χ4n) is 1.88. The lowest BCUT2D eigenvalue weighted by Gasteiger charge is -2.19. The van der Waals surface area contributed by atoms with Crippen molar-refractivity contribution in [2.75, 3.05) is 6.54 Å². The van der Waals surface area contributed by atoms with Gasteiger partial charge in [0, 0.05) is 22.0 Å². The predicted octanol–water partition coefficient (Wildman–Crippen LogP) is 2.08. The highest BCUT2D eigenvalue weighted by Gasteiger charge is 2.42. The van der Waals surface area contributed by atoms with Gasteiger partial charge in [0.05, 0.1) is 5.71 Å². The molecule has 1 unspecified atom stereocenters. The Kier molecular flexibility index (Phi) is 4.39. The van der Waals surface area contributed by atoms with Gasteiger partial charge < -0.3 is 15.3 Å². The molecule has 0 saturated carbocycles. The van der Waals surface area contributed by atoms with Crippen molar-refractivity contribution in [3.8, 4) is 0 Å². The summed E-state index contributed by atoms with van der Waals surface area (Å²) in [5, 5.41) is 15.6. The molecule has 1 atom stereocenters. The van der Waals surface area contributed by atoms with Gasteiger partial charge in [0.25, 0.3) is 5.91 Å². The van der Waals surface area contributed by atoms with Crippen molar-refractivity contribution in [1.82, 2.24) is 5.32 Å². The van der Waals surface area contributed by atoms with E-state index in [9.17, 15) is 9.59 Å². The maximum atomic E-state index is 12.0. The number of hydrogen-bond acceptors (Lipinski definition) is 4. The molecule has 0 spiro atoms. The zero-order valence-electron chi connectivity index (χ0n) is 11.0. The van der Waals surface area contributed by atoms with Gasteiger partial charge in [0.1, 0.15) is 6.54 Å². The Hall–Kier alpha value is -1.79. The first kappa shape index (κ1) is 15.6. The third-order valence-corrected chi connectivity index (χ3v) is 3.37. The van der Waals surface area contributed by atoms with E-state index in [-0.39, 0.29) is 6.42 Å². The standard InChI is InChI=1S/C13H12Cl2N2O4/c1-13(12(20)16-6-11(18)19)5-10(17-21-13)7-2-8(14)4-9(15)3-7/h2-4H,5-6H2,1H3,(H,16,20)(H,18,19). The second-order valence-electron chi connectivity index (χ2n) is 4.77. The molecular weight excluding hydrogens is 319 g/mol. The highest BCUT2D eigenvalue weighted by atomic mass is 35.5. The van der Waals surface area contributed by atoms with E-state index in [1.165, 1.54) is 6.92 Å². The summed E-state index contributed by atoms with van der Waals surface area (Å²) in [5.74, 6) is -1.68. The van der Waals surface area contributed by atoms with Gasteiger partial charge in [-0.2, -0.15) is 0 Å². The number of carbonyl (C=O) groups excluding carboxylic acids is 1. The van der Waals surface area contributed by atoms with E-state index >= 15 is 0 Å². The molecule has 0 bridgehead atoms. The zero-order valence-corrected chi connectivity index (χ0v) is 12.5. The number of nitrogens with zero attached hydrogens (tertiary/aromatic N) is 1. The summed E-state index contributed by atoms with van der Waals surface area (Å²) >= 11 is 11.8. The largest absolute Gasteiger partial charge is 0.480 e. The number of carboxylic acid groups (broad SMARTS) is 1. The summed E-state index contributed by atoms with van der Waals surface area (Å²) in [4.78, 5) is 27.6. The molecule has 2 rings (SSSR count). The van der Waals surface area contributed by atoms with Crippen LogP contribution in [0.1, 0.15) is 18.9 Å². The van der Waals surface area contributed by atoms with Gasteiger partial charge in [-0.05, 0) is 25.1 Å². The van der Waals surface area contributed by atoms with Crippen molar-refractivity contribution in [2.45, 2.75) is 18.9 Å². The molecule has 0 fully saturated rings. The molecule has 0 aromatic heterocycles. The number of amides is 1. The van der Waals surface area contributed by atoms with Crippen LogP contribution >= 0.6 is 23.2 Å². The van der Waals surface area contributed by atoms with Crippen molar-refractivity contribution in [1.29, 1.82) is 0 Å². The minimum atomic E-state index is -1.25. The lowest BCUT2D eigenvalue weighted by atomic mass is 9.95. The van der Waals surface area contributed by atoms with E-state index in [2.05, 4.69) is 10.5 Å². The molecule has 0 aliphatic carbocycles. The number of aliphatic carboxylic acids is 1. The summed E-state index contributed by atoms with van der Waals surface area (Å²) < 4.78 is 0. The fourth-order valence-corrected chi connectivity index (χ4v) is 2.41. The number of oxime groups is 1. The van der Waals surface area contributed by atoms with Gasteiger partial charge in [0.15, 0.2) is 0 Å². The number of nitrogens with one attached hydrogen (secondary N) is 1. The molecule has 0 saturated heterocycles. The summed E-state index contributed by atoms with van der Waals surface area (Å²) in [6, 6.07) is 4.91. The molecular formula is C13H12Cl2N2O4. The van der Waals surface area contributed by atoms with Crippen LogP contribution in [0.5, 0.6) is 0 Å². The van der Waals surface area contributed by atoms with Crippen LogP contribution < -0.4 is 5.32 Å². The molecule has 6 nitrogen and oxygen atoms in total. The van der Waals surface area contributed by atoms with E-state index in [0.717, 1.165) is 0 Å². The van der Waals surface area contributed by atoms with Gasteiger partial charge in [-0.15, -0.1) is 0 Å². The van der Waals surface area contributed by atoms with Crippen LogP contribution in [0.4, 0.5) is 0 Å². The Labute approximate surface area is 130 Å². The molecule has 8 heteroatoms. The monoisotopic (exact) mass is 330 g/mol. The summed E-state index contributed by atoms with van der Waals surface area (Å²) in [6.45, 7) is 1.06. The van der Waals surface area contributed by atoms with Crippen LogP contribution in [0.3, 0.4) is 0 Å². The van der Waals surface area contributed by atoms with Crippen molar-refractivity contribution >= 4 is 40.8 Å². The van der Waals surface area contributed by atoms with E-state index in [0.29, 0.717) is 21.3 Å². The van der Waals surface area contributed by atoms with E-state index < -0.39 is 24.0 Å². The topological polar surface area (TPSA) is 88.0 Å². The van der Waals surface area contributed by atoms with Gasteiger partial charge in [-0.25, -0.2) is 0 Å². The van der Waals surface area contributed by atoms with Gasteiger partial charge in [-0.3, -0.25) is 9.59 Å². The Morgan fingerprint density at radius 3 is 2.57 bits per heavy atom. The summed E-state index contributed by atoms with van der Waals surface area (Å²) in [6.07, 6.45) is 0.190. The zero-order chi connectivity index (χ0) is 15.6. The molecule has 1 aliphatic rings. The number of rotatable bonds is 4. The minimum Gasteiger partial charge on any atom is -0.480 e. The Morgan fingerprint density at radius 2 is 2.00 bits per heavy atom. The minimum absolute atomic E-state index is 0.190. The number of carbonyl (C=O) groups is 2. The smallest absolute Gasteiger partial charge is 0.322 e. The maximum absolute atomic E-state index is 12.0. The van der Waals surface area contributed by atoms with Crippen molar-refractivity contribution in [2.24, 2.45) is 5.16 Å². The lowest BCUT2D eigenvalue weighted by molar-refractivity contribution is -0.145. The molecule has 21 heavy (non-hydrogen) atoms. The predicted molar refractivity (Wildman–Crippen MR) is 77.8 cm³/mol. The normalized spacial score (nSPS) is 20.6. The van der Waals surface area contributed by atoms with Crippen molar-refractivity contribution < 1.29 is 19.5 Å². The fraction of sp³-hybridized carbons (Fsp3) is 0.308. The molecule has 1 aromatic carbocycles. The van der Waals surface area contributed by atoms with Crippen molar-refractivity contribution in [3.05, 3.63) is 33.8 Å². The van der Waals surface area contributed by atoms with Crippen LogP contribution in [0.25, 0.3) is 0 Å². The van der Waals surface area contributed by atoms with Crippen molar-refractivity contribution in [3.63, 3.8) is 0 Å². The average Bonchev–Trinajstić information content (AvgIpc) is 2.79. The Balaban J connectivity index is 2.11. The molecule has 1 heterocycles. The number of halogens is 2. The SMILES string of the molecule is CC1(C(=O)NCC(=O)O)CC(c2cc(Cl)cc(Cl)c2)=NO1. The Bertz CT molecular complexity index is 612. The van der Waals surface area contributed by atoms with Crippen LogP contribution in [0, 0.1) is 0 Å². The number of benzene rings is 1. The highest BCUT2D eigenvalue weighted by Crippen LogP contribution is 2.29. The van der Waals surface area contributed by atoms with Gasteiger partial charge >= 0.3 is 5.97 Å². The van der Waals surface area contributed by atoms with Crippen LogP contribution in [-0.2, 0) is 14.4 Å². The van der Waals surface area contributed by atoms with Gasteiger partial charge in [0.2, 0.25) is 5.60 Å². The van der Waals surface area contributed by atoms with Crippen LogP contribution in [0.2, 0.25) is 10.0 Å². The third-order valence-electron chi connectivity index (χ3n) is 2.94. The molecule has 1 aliphatic heterocycles. The molecule has 1 amide bonds. The van der Waals surface area contributed by atoms with Crippen LogP contribution in [-0.4, -0.2) is 34.8 Å². The quantitative estimate of drug-likeness (QED) is 0.884. The molecule has 112 valence electrons. The van der Waals surface area contributed by atoms with Gasteiger partial charge in [-0.1, -0.05) is 28.4 Å². The first-order valence-corrected chi connectivity index (χ1v) is 6.77. The Morgan fingerprint density at radius 1 is 1.38 bits per heavy atom. The summed E-state index contributed by atoms with van der Waals surface area (Å²) in [7, 11) is 0. The van der Waals surface area contributed by atoms with E-state index in [1.54, 1.807) is 18.2 Å². The molecule has 0 radical (unpaired) electrons. The van der Waals surface area contributed by atoms with Crippen LogP contribution in [0.15, 0.2) is 23.4 Å². The first-order valence-electron chi connectivity index (χ1n) is 6.02. The van der Waals surface area contributed by atoms with E-state index in [4.69, 9.17) is 33.1 Å². The number of hydrogen-bond donors (Lipinski definition) is 2. The first-order chi connectivity index (χ1) is 9.80. The molecule has 2 N–H and O–H groups in total. The lowest BCUT2D eigenvalue weighted by Crippen LogP contribution is -2.46. The maximum Gasteiger partial charge on any atom is 0.322 e.